The number of aryl methyl sites for hydroxylation is 2. The Morgan fingerprint density at radius 2 is 1.58 bits per heavy atom. The highest BCUT2D eigenvalue weighted by Crippen LogP contribution is 2.28. The monoisotopic (exact) mass is 453 g/mol. The van der Waals surface area contributed by atoms with Gasteiger partial charge in [0.05, 0.1) is 18.9 Å². The molecule has 0 aliphatic carbocycles. The maximum absolute atomic E-state index is 6.05. The number of hydrogen-bond acceptors (Lipinski definition) is 5. The molecular formula is C28H39NO4. The largest absolute Gasteiger partial charge is 0.493 e. The van der Waals surface area contributed by atoms with Gasteiger partial charge in [0.2, 0.25) is 0 Å². The SMILES string of the molecule is C/C=C/COc1cc(C)c(OCCCCCOCc2ccc(C/C(C)=N/OC)cc2)c(C)c1. The number of oxime groups is 1. The molecule has 0 aromatic heterocycles. The average Bonchev–Trinajstić information content (AvgIpc) is 2.78. The summed E-state index contributed by atoms with van der Waals surface area (Å²) in [6.07, 6.45) is 7.91. The van der Waals surface area contributed by atoms with Crippen molar-refractivity contribution in [1.29, 1.82) is 0 Å². The van der Waals surface area contributed by atoms with Crippen molar-refractivity contribution in [3.63, 3.8) is 0 Å². The first kappa shape index (κ1) is 26.5. The Morgan fingerprint density at radius 1 is 0.909 bits per heavy atom. The van der Waals surface area contributed by atoms with Crippen molar-refractivity contribution in [2.45, 2.75) is 60.0 Å². The number of hydrogen-bond donors (Lipinski definition) is 0. The van der Waals surface area contributed by atoms with E-state index in [2.05, 4.69) is 43.3 Å². The van der Waals surface area contributed by atoms with Crippen LogP contribution in [-0.4, -0.2) is 32.6 Å². The normalized spacial score (nSPS) is 11.7. The van der Waals surface area contributed by atoms with Crippen LogP contribution in [0.3, 0.4) is 0 Å². The molecule has 0 N–H and O–H groups in total. The highest BCUT2D eigenvalue weighted by molar-refractivity contribution is 5.83. The molecule has 2 rings (SSSR count). The molecule has 2 aromatic carbocycles. The van der Waals surface area contributed by atoms with E-state index in [1.54, 1.807) is 7.11 Å². The van der Waals surface area contributed by atoms with Crippen LogP contribution in [-0.2, 0) is 22.6 Å². The summed E-state index contributed by atoms with van der Waals surface area (Å²) in [5, 5.41) is 3.95. The molecule has 5 nitrogen and oxygen atoms in total. The summed E-state index contributed by atoms with van der Waals surface area (Å²) in [6, 6.07) is 12.6. The van der Waals surface area contributed by atoms with Gasteiger partial charge in [-0.1, -0.05) is 41.6 Å². The highest BCUT2D eigenvalue weighted by Gasteiger charge is 2.07. The van der Waals surface area contributed by atoms with Gasteiger partial charge in [0.25, 0.3) is 0 Å². The van der Waals surface area contributed by atoms with Crippen LogP contribution in [0, 0.1) is 13.8 Å². The molecule has 0 saturated carbocycles. The van der Waals surface area contributed by atoms with Crippen LogP contribution in [0.25, 0.3) is 0 Å². The standard InChI is InChI=1S/C28H39NO4/c1-6-7-16-32-27-18-22(2)28(23(3)19-27)33-17-10-8-9-15-31-21-26-13-11-25(12-14-26)20-24(4)29-30-5/h6-7,11-14,18-19H,8-10,15-17,20-21H2,1-5H3/b7-6+,29-24+. The molecule has 0 unspecified atom stereocenters. The first-order valence-corrected chi connectivity index (χ1v) is 11.7. The minimum absolute atomic E-state index is 0.590. The lowest BCUT2D eigenvalue weighted by Crippen LogP contribution is -2.03. The van der Waals surface area contributed by atoms with E-state index in [9.17, 15) is 0 Å². The number of rotatable bonds is 15. The molecule has 0 bridgehead atoms. The molecule has 0 aliphatic heterocycles. The van der Waals surface area contributed by atoms with Crippen molar-refractivity contribution in [3.8, 4) is 11.5 Å². The summed E-state index contributed by atoms with van der Waals surface area (Å²) in [5.41, 5.74) is 5.59. The lowest BCUT2D eigenvalue weighted by molar-refractivity contribution is 0.116. The zero-order valence-electron chi connectivity index (χ0n) is 20.9. The molecule has 2 aromatic rings. The molecule has 0 saturated heterocycles. The Morgan fingerprint density at radius 3 is 2.24 bits per heavy atom. The van der Waals surface area contributed by atoms with Crippen molar-refractivity contribution in [2.75, 3.05) is 26.9 Å². The van der Waals surface area contributed by atoms with Gasteiger partial charge in [0.1, 0.15) is 25.2 Å². The van der Waals surface area contributed by atoms with Crippen LogP contribution in [0.4, 0.5) is 0 Å². The number of nitrogens with zero attached hydrogens (tertiary/aromatic N) is 1. The van der Waals surface area contributed by atoms with Crippen molar-refractivity contribution >= 4 is 5.71 Å². The lowest BCUT2D eigenvalue weighted by Gasteiger charge is -2.14. The second kappa shape index (κ2) is 15.1. The maximum atomic E-state index is 6.05. The van der Waals surface area contributed by atoms with Crippen molar-refractivity contribution in [1.82, 2.24) is 0 Å². The van der Waals surface area contributed by atoms with Crippen LogP contribution in [0.5, 0.6) is 11.5 Å². The number of ether oxygens (including phenoxy) is 3. The highest BCUT2D eigenvalue weighted by atomic mass is 16.6. The molecule has 0 aliphatic rings. The summed E-state index contributed by atoms with van der Waals surface area (Å²) >= 11 is 0. The Kier molecular flexibility index (Phi) is 12.1. The first-order chi connectivity index (χ1) is 16.0. The van der Waals surface area contributed by atoms with Crippen molar-refractivity contribution in [2.24, 2.45) is 5.16 Å². The molecule has 0 atom stereocenters. The fourth-order valence-corrected chi connectivity index (χ4v) is 3.55. The fourth-order valence-electron chi connectivity index (χ4n) is 3.55. The topological polar surface area (TPSA) is 49.3 Å². The molecular weight excluding hydrogens is 414 g/mol. The molecule has 33 heavy (non-hydrogen) atoms. The van der Waals surface area contributed by atoms with E-state index in [0.717, 1.165) is 60.6 Å². The number of benzene rings is 2. The Hall–Kier alpha value is -2.79. The predicted octanol–water partition coefficient (Wildman–Crippen LogP) is 6.59. The van der Waals surface area contributed by atoms with Crippen molar-refractivity contribution in [3.05, 3.63) is 70.8 Å². The van der Waals surface area contributed by atoms with E-state index in [-0.39, 0.29) is 0 Å². The van der Waals surface area contributed by atoms with E-state index < -0.39 is 0 Å². The number of allylic oxidation sites excluding steroid dienone is 1. The van der Waals surface area contributed by atoms with Gasteiger partial charge < -0.3 is 19.0 Å². The predicted molar refractivity (Wildman–Crippen MR) is 135 cm³/mol. The maximum Gasteiger partial charge on any atom is 0.125 e. The molecule has 0 radical (unpaired) electrons. The van der Waals surface area contributed by atoms with Crippen LogP contribution in [0.2, 0.25) is 0 Å². The Bertz CT molecular complexity index is 864. The molecule has 0 heterocycles. The van der Waals surface area contributed by atoms with Gasteiger partial charge >= 0.3 is 0 Å². The van der Waals surface area contributed by atoms with Crippen molar-refractivity contribution < 1.29 is 19.0 Å². The quantitative estimate of drug-likeness (QED) is 0.132. The number of unbranched alkanes of at least 4 members (excludes halogenated alkanes) is 2. The molecule has 180 valence electrons. The summed E-state index contributed by atoms with van der Waals surface area (Å²) < 4.78 is 17.6. The van der Waals surface area contributed by atoms with Gasteiger partial charge in [-0.3, -0.25) is 0 Å². The van der Waals surface area contributed by atoms with E-state index in [4.69, 9.17) is 19.0 Å². The lowest BCUT2D eigenvalue weighted by atomic mass is 10.1. The van der Waals surface area contributed by atoms with Crippen LogP contribution in [0.15, 0.2) is 53.7 Å². The fraction of sp³-hybridized carbons (Fsp3) is 0.464. The second-order valence-electron chi connectivity index (χ2n) is 8.23. The summed E-state index contributed by atoms with van der Waals surface area (Å²) in [5.74, 6) is 1.86. The third-order valence-corrected chi connectivity index (χ3v) is 5.19. The summed E-state index contributed by atoms with van der Waals surface area (Å²) in [6.45, 7) is 10.8. The van der Waals surface area contributed by atoms with Gasteiger partial charge in [-0.25, -0.2) is 0 Å². The van der Waals surface area contributed by atoms with Gasteiger partial charge in [0.15, 0.2) is 0 Å². The molecule has 0 amide bonds. The van der Waals surface area contributed by atoms with Gasteiger partial charge in [-0.2, -0.15) is 0 Å². The van der Waals surface area contributed by atoms with Crippen LogP contribution < -0.4 is 9.47 Å². The minimum atomic E-state index is 0.590. The zero-order valence-corrected chi connectivity index (χ0v) is 20.9. The Balaban J connectivity index is 1.60. The van der Waals surface area contributed by atoms with Gasteiger partial charge in [-0.15, -0.1) is 0 Å². The zero-order chi connectivity index (χ0) is 23.9. The van der Waals surface area contributed by atoms with E-state index in [0.29, 0.717) is 19.8 Å². The third kappa shape index (κ3) is 10.1. The van der Waals surface area contributed by atoms with E-state index in [1.165, 1.54) is 11.1 Å². The molecule has 5 heteroatoms. The van der Waals surface area contributed by atoms with Gasteiger partial charge in [0, 0.05) is 13.0 Å². The van der Waals surface area contributed by atoms with Crippen LogP contribution in [0.1, 0.15) is 55.4 Å². The Labute approximate surface area is 199 Å². The van der Waals surface area contributed by atoms with Gasteiger partial charge in [-0.05, 0) is 81.3 Å². The van der Waals surface area contributed by atoms with E-state index >= 15 is 0 Å². The average molecular weight is 454 g/mol. The molecule has 0 spiro atoms. The summed E-state index contributed by atoms with van der Waals surface area (Å²) in [7, 11) is 1.57. The second-order valence-corrected chi connectivity index (χ2v) is 8.23. The third-order valence-electron chi connectivity index (χ3n) is 5.19. The summed E-state index contributed by atoms with van der Waals surface area (Å²) in [4.78, 5) is 4.81. The van der Waals surface area contributed by atoms with E-state index in [1.807, 2.05) is 38.1 Å². The first-order valence-electron chi connectivity index (χ1n) is 11.7. The smallest absolute Gasteiger partial charge is 0.125 e. The van der Waals surface area contributed by atoms with Crippen LogP contribution >= 0.6 is 0 Å². The molecule has 0 fully saturated rings. The minimum Gasteiger partial charge on any atom is -0.493 e.